The average molecular weight is 539 g/mol. The third kappa shape index (κ3) is 4.85. The summed E-state index contributed by atoms with van der Waals surface area (Å²) in [5.74, 6) is -0.668. The summed E-state index contributed by atoms with van der Waals surface area (Å²) in [6.07, 6.45) is 2.61. The highest BCUT2D eigenvalue weighted by Gasteiger charge is 2.29. The van der Waals surface area contributed by atoms with Gasteiger partial charge in [-0.3, -0.25) is 14.4 Å². The topological polar surface area (TPSA) is 140 Å². The third-order valence-electron chi connectivity index (χ3n) is 5.93. The number of rotatable bonds is 6. The van der Waals surface area contributed by atoms with E-state index in [4.69, 9.17) is 4.42 Å². The molecule has 4 aromatic rings. The molecule has 0 bridgehead atoms. The van der Waals surface area contributed by atoms with Crippen molar-refractivity contribution in [2.24, 2.45) is 0 Å². The van der Waals surface area contributed by atoms with Crippen molar-refractivity contribution >= 4 is 37.5 Å². The Bertz CT molecular complexity index is 1700. The van der Waals surface area contributed by atoms with Crippen LogP contribution in [0.2, 0.25) is 0 Å². The molecule has 1 aromatic heterocycles. The Morgan fingerprint density at radius 1 is 0.919 bits per heavy atom. The first-order valence-corrected chi connectivity index (χ1v) is 14.6. The van der Waals surface area contributed by atoms with Crippen molar-refractivity contribution < 1.29 is 26.0 Å². The molecule has 1 aliphatic rings. The summed E-state index contributed by atoms with van der Waals surface area (Å²) in [5.41, 5.74) is 2.03. The van der Waals surface area contributed by atoms with Crippen molar-refractivity contribution in [1.29, 1.82) is 0 Å². The van der Waals surface area contributed by atoms with E-state index in [9.17, 15) is 21.6 Å². The zero-order chi connectivity index (χ0) is 26.2. The lowest BCUT2D eigenvalue weighted by Crippen LogP contribution is -2.35. The van der Waals surface area contributed by atoms with Gasteiger partial charge in [0.25, 0.3) is 21.8 Å². The van der Waals surface area contributed by atoms with E-state index in [0.717, 1.165) is 24.7 Å². The number of carbonyl (C=O) groups is 1. The van der Waals surface area contributed by atoms with Crippen molar-refractivity contribution in [3.63, 3.8) is 0 Å². The molecule has 190 valence electrons. The maximum absolute atomic E-state index is 13.3. The minimum Gasteiger partial charge on any atom is -0.403 e. The first-order valence-electron chi connectivity index (χ1n) is 11.3. The molecule has 37 heavy (non-hydrogen) atoms. The van der Waals surface area contributed by atoms with E-state index in [1.165, 1.54) is 40.7 Å². The molecule has 12 heteroatoms. The van der Waals surface area contributed by atoms with Gasteiger partial charge in [0.15, 0.2) is 9.84 Å². The Morgan fingerprint density at radius 2 is 1.62 bits per heavy atom. The molecule has 0 saturated heterocycles. The second-order valence-electron chi connectivity index (χ2n) is 8.47. The zero-order valence-corrected chi connectivity index (χ0v) is 21.3. The molecule has 3 aromatic carbocycles. The molecule has 0 spiro atoms. The van der Waals surface area contributed by atoms with Gasteiger partial charge in [-0.05, 0) is 60.9 Å². The van der Waals surface area contributed by atoms with E-state index in [-0.39, 0.29) is 32.8 Å². The van der Waals surface area contributed by atoms with Crippen LogP contribution in [0, 0.1) is 0 Å². The number of nitrogens with one attached hydrogen (secondary N) is 1. The molecule has 0 unspecified atom stereocenters. The normalized spacial score (nSPS) is 13.7. The fourth-order valence-electron chi connectivity index (χ4n) is 4.17. The fraction of sp³-hybridized carbons (Fsp3) is 0.160. The van der Waals surface area contributed by atoms with Gasteiger partial charge in [-0.2, -0.15) is 0 Å². The van der Waals surface area contributed by atoms with Gasteiger partial charge in [0.2, 0.25) is 0 Å². The van der Waals surface area contributed by atoms with Crippen LogP contribution in [0.15, 0.2) is 87.0 Å². The maximum atomic E-state index is 13.3. The largest absolute Gasteiger partial charge is 0.403 e. The standard InChI is InChI=1S/C25H22N4O6S2/c1-36(31,32)22-11-5-3-9-20(22)24-27-28-25(35-24)26-23(30)18-12-14-19(15-13-18)37(33,34)29-16-6-8-17-7-2-4-10-21(17)29/h2-5,7,9-15H,6,8,16H2,1H3,(H,26,28,30). The summed E-state index contributed by atoms with van der Waals surface area (Å²) < 4.78 is 57.6. The van der Waals surface area contributed by atoms with Crippen LogP contribution >= 0.6 is 0 Å². The molecule has 0 saturated carbocycles. The molecule has 1 amide bonds. The lowest BCUT2D eigenvalue weighted by molar-refractivity contribution is 0.102. The van der Waals surface area contributed by atoms with Crippen LogP contribution in [-0.4, -0.2) is 45.7 Å². The molecule has 5 rings (SSSR count). The Hall–Kier alpha value is -4.03. The van der Waals surface area contributed by atoms with Crippen molar-refractivity contribution in [3.05, 3.63) is 83.9 Å². The van der Waals surface area contributed by atoms with Crippen LogP contribution in [0.1, 0.15) is 22.3 Å². The molecular formula is C25H22N4O6S2. The number of aryl methyl sites for hydroxylation is 1. The number of anilines is 2. The number of para-hydroxylation sites is 1. The first-order chi connectivity index (χ1) is 17.6. The number of benzene rings is 3. The van der Waals surface area contributed by atoms with Gasteiger partial charge in [0.1, 0.15) is 0 Å². The third-order valence-corrected chi connectivity index (χ3v) is 8.92. The quantitative estimate of drug-likeness (QED) is 0.393. The summed E-state index contributed by atoms with van der Waals surface area (Å²) >= 11 is 0. The number of amides is 1. The Labute approximate surface area is 213 Å². The van der Waals surface area contributed by atoms with Crippen LogP contribution in [-0.2, 0) is 26.3 Å². The summed E-state index contributed by atoms with van der Waals surface area (Å²) in [5, 5.41) is 10.1. The van der Waals surface area contributed by atoms with Gasteiger partial charge in [-0.1, -0.05) is 35.4 Å². The molecule has 1 aliphatic heterocycles. The number of hydrogen-bond donors (Lipinski definition) is 1. The Kier molecular flexibility index (Phi) is 6.30. The van der Waals surface area contributed by atoms with Gasteiger partial charge >= 0.3 is 6.01 Å². The first kappa shape index (κ1) is 24.7. The number of hydrogen-bond acceptors (Lipinski definition) is 8. The van der Waals surface area contributed by atoms with E-state index in [0.29, 0.717) is 12.2 Å². The molecule has 0 aliphatic carbocycles. The number of sulfonamides is 1. The molecule has 2 heterocycles. The smallest absolute Gasteiger partial charge is 0.322 e. The van der Waals surface area contributed by atoms with E-state index in [1.54, 1.807) is 18.2 Å². The average Bonchev–Trinajstić information content (AvgIpc) is 3.36. The van der Waals surface area contributed by atoms with E-state index in [2.05, 4.69) is 15.5 Å². The van der Waals surface area contributed by atoms with E-state index < -0.39 is 25.8 Å². The highest BCUT2D eigenvalue weighted by molar-refractivity contribution is 7.92. The van der Waals surface area contributed by atoms with E-state index >= 15 is 0 Å². The highest BCUT2D eigenvalue weighted by atomic mass is 32.2. The van der Waals surface area contributed by atoms with Crippen LogP contribution in [0.4, 0.5) is 11.7 Å². The summed E-state index contributed by atoms with van der Waals surface area (Å²) in [6, 6.07) is 18.9. The molecule has 1 N–H and O–H groups in total. The highest BCUT2D eigenvalue weighted by Crippen LogP contribution is 2.32. The van der Waals surface area contributed by atoms with Gasteiger partial charge in [0.05, 0.1) is 21.0 Å². The van der Waals surface area contributed by atoms with Crippen LogP contribution < -0.4 is 9.62 Å². The fourth-order valence-corrected chi connectivity index (χ4v) is 6.59. The van der Waals surface area contributed by atoms with Gasteiger partial charge in [-0.15, -0.1) is 5.10 Å². The van der Waals surface area contributed by atoms with Crippen LogP contribution in [0.3, 0.4) is 0 Å². The predicted molar refractivity (Wildman–Crippen MR) is 137 cm³/mol. The molecule has 0 radical (unpaired) electrons. The monoisotopic (exact) mass is 538 g/mol. The molecule has 0 atom stereocenters. The maximum Gasteiger partial charge on any atom is 0.322 e. The second kappa shape index (κ2) is 9.45. The number of sulfone groups is 1. The number of fused-ring (bicyclic) bond motifs is 1. The van der Waals surface area contributed by atoms with Crippen LogP contribution in [0.5, 0.6) is 0 Å². The van der Waals surface area contributed by atoms with Crippen molar-refractivity contribution in [1.82, 2.24) is 10.2 Å². The minimum atomic E-state index is -3.81. The number of nitrogens with zero attached hydrogens (tertiary/aromatic N) is 3. The van der Waals surface area contributed by atoms with Gasteiger partial charge in [0, 0.05) is 18.4 Å². The SMILES string of the molecule is CS(=O)(=O)c1ccccc1-c1nnc(NC(=O)c2ccc(S(=O)(=O)N3CCCc4ccccc43)cc2)o1. The second-order valence-corrected chi connectivity index (χ2v) is 12.3. The van der Waals surface area contributed by atoms with Gasteiger partial charge in [-0.25, -0.2) is 16.8 Å². The lowest BCUT2D eigenvalue weighted by atomic mass is 10.0. The van der Waals surface area contributed by atoms with Crippen molar-refractivity contribution in [2.75, 3.05) is 22.4 Å². The van der Waals surface area contributed by atoms with Crippen LogP contribution in [0.25, 0.3) is 11.5 Å². The summed E-state index contributed by atoms with van der Waals surface area (Å²) in [4.78, 5) is 12.8. The van der Waals surface area contributed by atoms with Crippen molar-refractivity contribution in [2.45, 2.75) is 22.6 Å². The molecule has 0 fully saturated rings. The Morgan fingerprint density at radius 3 is 2.38 bits per heavy atom. The zero-order valence-electron chi connectivity index (χ0n) is 19.7. The predicted octanol–water partition coefficient (Wildman–Crippen LogP) is 3.53. The number of aromatic nitrogens is 2. The number of carbonyl (C=O) groups excluding carboxylic acids is 1. The summed E-state index contributed by atoms with van der Waals surface area (Å²) in [6.45, 7) is 0.379. The van der Waals surface area contributed by atoms with E-state index in [1.807, 2.05) is 18.2 Å². The lowest BCUT2D eigenvalue weighted by Gasteiger charge is -2.30. The molecule has 10 nitrogen and oxygen atoms in total. The summed E-state index contributed by atoms with van der Waals surface area (Å²) in [7, 11) is -7.36. The Balaban J connectivity index is 1.34. The van der Waals surface area contributed by atoms with Crippen molar-refractivity contribution in [3.8, 4) is 11.5 Å². The molecular weight excluding hydrogens is 516 g/mol. The minimum absolute atomic E-state index is 0.0182. The van der Waals surface area contributed by atoms with Gasteiger partial charge < -0.3 is 4.42 Å².